The summed E-state index contributed by atoms with van der Waals surface area (Å²) in [6.07, 6.45) is 8.32. The largest absolute Gasteiger partial charge is 0.480 e. The number of carbonyl (C=O) groups is 1. The number of esters is 1. The molecular formula is C30H37N5O3. The second-order valence-electron chi connectivity index (χ2n) is 10.1. The predicted octanol–water partition coefficient (Wildman–Crippen LogP) is 6.84. The Morgan fingerprint density at radius 1 is 1.26 bits per heavy atom. The van der Waals surface area contributed by atoms with Gasteiger partial charge in [-0.05, 0) is 72.9 Å². The maximum Gasteiger partial charge on any atom is 0.326 e. The molecule has 0 heterocycles. The number of aliphatic imine (C=N–C) groups is 1. The van der Waals surface area contributed by atoms with Gasteiger partial charge < -0.3 is 14.4 Å². The second kappa shape index (κ2) is 13.6. The van der Waals surface area contributed by atoms with Crippen molar-refractivity contribution < 1.29 is 14.3 Å². The molecule has 0 aromatic heterocycles. The van der Waals surface area contributed by atoms with Gasteiger partial charge in [-0.1, -0.05) is 56.4 Å². The molecule has 1 aliphatic carbocycles. The van der Waals surface area contributed by atoms with Crippen LogP contribution in [0.5, 0.6) is 5.75 Å². The van der Waals surface area contributed by atoms with Crippen LogP contribution in [0.25, 0.3) is 10.4 Å². The summed E-state index contributed by atoms with van der Waals surface area (Å²) >= 11 is 0. The highest BCUT2D eigenvalue weighted by Crippen LogP contribution is 2.36. The molecule has 0 bridgehead atoms. The van der Waals surface area contributed by atoms with E-state index in [4.69, 9.17) is 21.4 Å². The van der Waals surface area contributed by atoms with Gasteiger partial charge in [0.15, 0.2) is 0 Å². The number of amidine groups is 1. The molecule has 38 heavy (non-hydrogen) atoms. The van der Waals surface area contributed by atoms with Crippen LogP contribution in [-0.4, -0.2) is 38.1 Å². The summed E-state index contributed by atoms with van der Waals surface area (Å²) in [4.78, 5) is 22.8. The molecule has 0 saturated heterocycles. The van der Waals surface area contributed by atoms with Gasteiger partial charge in [0.2, 0.25) is 0 Å². The van der Waals surface area contributed by atoms with Crippen LogP contribution in [0.3, 0.4) is 0 Å². The molecule has 200 valence electrons. The van der Waals surface area contributed by atoms with Crippen LogP contribution in [0.15, 0.2) is 52.6 Å². The van der Waals surface area contributed by atoms with E-state index in [1.807, 2.05) is 36.1 Å². The fourth-order valence-corrected chi connectivity index (χ4v) is 5.16. The maximum absolute atomic E-state index is 13.5. The van der Waals surface area contributed by atoms with Gasteiger partial charge in [-0.2, -0.15) is 0 Å². The zero-order valence-corrected chi connectivity index (χ0v) is 22.9. The number of aryl methyl sites for hydroxylation is 1. The number of rotatable bonds is 9. The van der Waals surface area contributed by atoms with E-state index >= 15 is 0 Å². The zero-order chi connectivity index (χ0) is 27.7. The van der Waals surface area contributed by atoms with Crippen LogP contribution in [0, 0.1) is 37.0 Å². The van der Waals surface area contributed by atoms with E-state index in [-0.39, 0.29) is 30.9 Å². The van der Waals surface area contributed by atoms with Gasteiger partial charge in [-0.3, -0.25) is 9.79 Å². The highest BCUT2D eigenvalue weighted by Gasteiger charge is 2.34. The summed E-state index contributed by atoms with van der Waals surface area (Å²) in [7, 11) is 1.67. The van der Waals surface area contributed by atoms with E-state index in [1.165, 1.54) is 0 Å². The molecule has 2 aromatic carbocycles. The number of terminal acetylenes is 1. The van der Waals surface area contributed by atoms with Gasteiger partial charge >= 0.3 is 5.97 Å². The van der Waals surface area contributed by atoms with E-state index < -0.39 is 0 Å². The van der Waals surface area contributed by atoms with E-state index in [0.717, 1.165) is 30.5 Å². The Morgan fingerprint density at radius 3 is 2.68 bits per heavy atom. The molecule has 1 aliphatic rings. The van der Waals surface area contributed by atoms with Gasteiger partial charge in [0, 0.05) is 23.2 Å². The lowest BCUT2D eigenvalue weighted by molar-refractivity contribution is -0.154. The number of hydrogen-bond donors (Lipinski definition) is 0. The molecule has 3 atom stereocenters. The summed E-state index contributed by atoms with van der Waals surface area (Å²) in [6.45, 7) is 8.63. The fourth-order valence-electron chi connectivity index (χ4n) is 5.16. The third-order valence-corrected chi connectivity index (χ3v) is 7.09. The molecule has 0 aliphatic heterocycles. The summed E-state index contributed by atoms with van der Waals surface area (Å²) in [5.74, 6) is 4.32. The maximum atomic E-state index is 13.5. The Morgan fingerprint density at radius 2 is 2.03 bits per heavy atom. The molecule has 8 nitrogen and oxygen atoms in total. The van der Waals surface area contributed by atoms with Crippen molar-refractivity contribution >= 4 is 23.2 Å². The van der Waals surface area contributed by atoms with Gasteiger partial charge in [0.1, 0.15) is 30.8 Å². The van der Waals surface area contributed by atoms with Crippen molar-refractivity contribution in [3.8, 4) is 18.1 Å². The Labute approximate surface area is 225 Å². The van der Waals surface area contributed by atoms with Crippen molar-refractivity contribution in [3.05, 3.63) is 64.0 Å². The number of anilines is 1. The molecule has 1 fully saturated rings. The van der Waals surface area contributed by atoms with Gasteiger partial charge in [0.25, 0.3) is 0 Å². The van der Waals surface area contributed by atoms with Gasteiger partial charge in [-0.25, -0.2) is 0 Å². The molecule has 1 saturated carbocycles. The monoisotopic (exact) mass is 515 g/mol. The first-order valence-electron chi connectivity index (χ1n) is 13.0. The highest BCUT2D eigenvalue weighted by atomic mass is 16.5. The molecular weight excluding hydrogens is 478 g/mol. The van der Waals surface area contributed by atoms with Crippen LogP contribution in [0.1, 0.15) is 51.2 Å². The van der Waals surface area contributed by atoms with Crippen molar-refractivity contribution in [3.63, 3.8) is 0 Å². The number of nitrogens with zero attached hydrogens (tertiary/aromatic N) is 5. The number of ether oxygens (including phenoxy) is 2. The number of benzene rings is 2. The average molecular weight is 516 g/mol. The third kappa shape index (κ3) is 7.08. The summed E-state index contributed by atoms with van der Waals surface area (Å²) in [6, 6.07) is 13.0. The Hall–Kier alpha value is -3.95. The molecule has 0 unspecified atom stereocenters. The predicted molar refractivity (Wildman–Crippen MR) is 152 cm³/mol. The van der Waals surface area contributed by atoms with Crippen LogP contribution < -0.4 is 9.64 Å². The zero-order valence-electron chi connectivity index (χ0n) is 22.9. The minimum absolute atomic E-state index is 0.0145. The van der Waals surface area contributed by atoms with Gasteiger partial charge in [0.05, 0.1) is 5.69 Å². The van der Waals surface area contributed by atoms with Crippen molar-refractivity contribution in [2.75, 3.05) is 25.1 Å². The van der Waals surface area contributed by atoms with Crippen LogP contribution >= 0.6 is 0 Å². The average Bonchev–Trinajstić information content (AvgIpc) is 2.88. The van der Waals surface area contributed by atoms with Crippen LogP contribution in [0.4, 0.5) is 11.4 Å². The molecule has 2 aromatic rings. The summed E-state index contributed by atoms with van der Waals surface area (Å²) in [5, 5.41) is 3.78. The topological polar surface area (TPSA) is 99.9 Å². The number of para-hydroxylation sites is 1. The SMILES string of the molecule is C#CCOc1ccc(/C(=N\C)N(CC(=O)O[C@@H]2C[C@H](C)CC[C@H]2C(C)C)c2ccccc2C)cc1N=[N+]=[N-]. The standard InChI is InChI=1S/C30H37N5O3/c1-7-16-37-27-15-13-23(18-25(27)33-34-31)30(32-6)35(26-11-9-8-10-22(26)5)19-29(36)38-28-17-21(4)12-14-24(28)20(2)3/h1,8-11,13,15,18,20-21,24,28H,12,14,16-17,19H2,2-6H3/b32-30+/t21-,24+,28-/m1/s1. The molecule has 0 spiro atoms. The molecule has 0 amide bonds. The summed E-state index contributed by atoms with van der Waals surface area (Å²) in [5.41, 5.74) is 11.9. The van der Waals surface area contributed by atoms with Gasteiger partial charge in [-0.15, -0.1) is 6.42 Å². The van der Waals surface area contributed by atoms with E-state index in [9.17, 15) is 4.79 Å². The lowest BCUT2D eigenvalue weighted by atomic mass is 9.75. The Balaban J connectivity index is 1.96. The minimum Gasteiger partial charge on any atom is -0.480 e. The Bertz CT molecular complexity index is 1240. The smallest absolute Gasteiger partial charge is 0.326 e. The van der Waals surface area contributed by atoms with Crippen LogP contribution in [0.2, 0.25) is 0 Å². The lowest BCUT2D eigenvalue weighted by Crippen LogP contribution is -2.41. The first-order chi connectivity index (χ1) is 18.3. The van der Waals surface area contributed by atoms with Crippen LogP contribution in [-0.2, 0) is 9.53 Å². The number of carbonyl (C=O) groups excluding carboxylic acids is 1. The molecule has 3 rings (SSSR count). The Kier molecular flexibility index (Phi) is 10.2. The summed E-state index contributed by atoms with van der Waals surface area (Å²) < 4.78 is 11.7. The third-order valence-electron chi connectivity index (χ3n) is 7.09. The van der Waals surface area contributed by atoms with Crippen molar-refractivity contribution in [2.24, 2.45) is 27.9 Å². The molecule has 8 heteroatoms. The second-order valence-corrected chi connectivity index (χ2v) is 10.1. The number of azide groups is 1. The highest BCUT2D eigenvalue weighted by molar-refractivity contribution is 6.12. The minimum atomic E-state index is -0.302. The van der Waals surface area contributed by atoms with Crippen molar-refractivity contribution in [1.29, 1.82) is 0 Å². The van der Waals surface area contributed by atoms with E-state index in [2.05, 4.69) is 41.7 Å². The lowest BCUT2D eigenvalue weighted by Gasteiger charge is -2.37. The first kappa shape index (κ1) is 28.6. The van der Waals surface area contributed by atoms with Crippen molar-refractivity contribution in [1.82, 2.24) is 0 Å². The van der Waals surface area contributed by atoms with Crippen molar-refractivity contribution in [2.45, 2.75) is 53.1 Å². The quantitative estimate of drug-likeness (QED) is 0.0694. The van der Waals surface area contributed by atoms with E-state index in [1.54, 1.807) is 25.2 Å². The first-order valence-corrected chi connectivity index (χ1v) is 13.0. The number of hydrogen-bond acceptors (Lipinski definition) is 5. The molecule has 0 radical (unpaired) electrons. The normalized spacial score (nSPS) is 19.3. The molecule has 0 N–H and O–H groups in total. The van der Waals surface area contributed by atoms with E-state index in [0.29, 0.717) is 34.9 Å². The fraction of sp³-hybridized carbons (Fsp3) is 0.467.